The van der Waals surface area contributed by atoms with E-state index in [1.807, 2.05) is 4.98 Å². The van der Waals surface area contributed by atoms with Crippen molar-refractivity contribution >= 4 is 96.2 Å². The number of imidazole rings is 3. The Morgan fingerprint density at radius 3 is 1.34 bits per heavy atom. The van der Waals surface area contributed by atoms with Gasteiger partial charge < -0.3 is 71.3 Å². The van der Waals surface area contributed by atoms with Gasteiger partial charge in [0.15, 0.2) is 33.8 Å². The Balaban J connectivity index is 0.693. The van der Waals surface area contributed by atoms with Crippen molar-refractivity contribution in [2.24, 2.45) is 0 Å². The van der Waals surface area contributed by atoms with Gasteiger partial charge in [0.25, 0.3) is 16.7 Å². The lowest BCUT2D eigenvalue weighted by Gasteiger charge is -2.25. The van der Waals surface area contributed by atoms with Gasteiger partial charge in [-0.3, -0.25) is 92.9 Å². The number of nitrogens with one attached hydrogen (secondary N) is 3. The van der Waals surface area contributed by atoms with Crippen molar-refractivity contribution in [3.05, 3.63) is 102 Å². The predicted molar refractivity (Wildman–Crippen MR) is 335 cm³/mol. The van der Waals surface area contributed by atoms with Gasteiger partial charge in [0.1, 0.15) is 104 Å². The first-order valence-corrected chi connectivity index (χ1v) is 37.3. The molecule has 0 bridgehead atoms. The number of fused-ring (bicyclic) bond motifs is 3. The third-order valence-corrected chi connectivity index (χ3v) is 20.9. The van der Waals surface area contributed by atoms with Crippen molar-refractivity contribution in [3.63, 3.8) is 0 Å². The molecule has 0 amide bonds. The standard InChI is InChI=1S/C48H59N20O30P5/c49-29-1-3-64(47(73)58-29)32-6-21(96-100(77,78)86-11-24-19(69)5-31(90-24)67-17-56-37-41(67)60-45(51)62-43(37)71)26(92-32)12-88-103(83,84)98-23-9-34(66-16-55-36-39(50)53-15-54-40(36)66)94-28(23)14-89-102(81,82)97-22-7-33(65-4-2-30(70)59-48(65)74)93-27(22)13-87-101(79,80)95-20-8-35(91-25(20)10-85-99(75)76)68-18-57-38-42(68)61-46(52)63-44(38)72/h1-4,15-28,31-35,69H,5-14H2,(H,77,78)(H,79,80)(H,81,82)(H,83,84)(H2,49,58,73)(H2,50,53,54)(H,59,70,74)(H3,51,60,62,71)(H3,52,61,63,72)/t19-,20-,21-,22-,23-,24+,25+,26+,27+,28+,31+,32+,33+,34+,35+/m0/s1. The van der Waals surface area contributed by atoms with Crippen molar-refractivity contribution in [1.82, 2.24) is 77.7 Å². The number of rotatable bonds is 28. The third-order valence-electron chi connectivity index (χ3n) is 16.5. The van der Waals surface area contributed by atoms with Crippen LogP contribution in [0.4, 0.5) is 23.5 Å². The van der Waals surface area contributed by atoms with E-state index in [2.05, 4.69) is 49.8 Å². The number of aliphatic hydroxyl groups is 1. The molecule has 0 saturated carbocycles. The molecule has 13 rings (SSSR count). The molecule has 0 spiro atoms. The summed E-state index contributed by atoms with van der Waals surface area (Å²) < 4.78 is 163. The highest BCUT2D eigenvalue weighted by Gasteiger charge is 2.50. The zero-order chi connectivity index (χ0) is 73.2. The number of nitrogens with two attached hydrogens (primary N) is 4. The van der Waals surface area contributed by atoms with Gasteiger partial charge in [0, 0.05) is 50.6 Å². The SMILES string of the molecule is Nc1ccn([C@H]2C[C@H](OP(=O)(O)OC[C@H]3O[C@@H](n4cnc5c(=O)[nH]c(N)nc54)C[C@@H]3O)[C@@H](COP(=O)(O)O[C@H]3C[C@H](n4cnc5c(N)ncnc54)O[C@@H]3COP(=O)(O)O[C@H]3C[C@H](n4ccc(=O)[nH]c4=O)O[C@@H]3COP(=O)(O)O[C@H]3C[C@H](n4cnc5c(=O)[nH]c(N)nc54)O[C@@H]3COP(=O)=O)O2)c(=O)n1. The topological polar surface area (TPSA) is 697 Å². The summed E-state index contributed by atoms with van der Waals surface area (Å²) >= 11 is 0. The maximum absolute atomic E-state index is 14.2. The summed E-state index contributed by atoms with van der Waals surface area (Å²) in [5.41, 5.74) is 18.8. The van der Waals surface area contributed by atoms with Gasteiger partial charge in [-0.2, -0.15) is 15.0 Å². The van der Waals surface area contributed by atoms with Crippen molar-refractivity contribution in [2.75, 3.05) is 56.0 Å². The number of hydrogen-bond donors (Lipinski definition) is 12. The highest BCUT2D eigenvalue weighted by Crippen LogP contribution is 2.55. The Morgan fingerprint density at radius 1 is 0.485 bits per heavy atom. The Bertz CT molecular complexity index is 5120. The molecule has 0 radical (unpaired) electrons. The molecule has 55 heteroatoms. The number of phosphoric ester groups is 4. The van der Waals surface area contributed by atoms with Crippen LogP contribution in [0.25, 0.3) is 33.5 Å². The molecule has 50 nitrogen and oxygen atoms in total. The van der Waals surface area contributed by atoms with Crippen molar-refractivity contribution < 1.29 is 116 Å². The number of ether oxygens (including phenoxy) is 5. The summed E-state index contributed by atoms with van der Waals surface area (Å²) in [6.07, 6.45) is -17.3. The van der Waals surface area contributed by atoms with Crippen molar-refractivity contribution in [1.29, 1.82) is 0 Å². The first-order valence-electron chi connectivity index (χ1n) is 30.2. The van der Waals surface area contributed by atoms with Gasteiger partial charge in [0.05, 0.1) is 58.1 Å². The molecule has 19 atom stereocenters. The van der Waals surface area contributed by atoms with Crippen LogP contribution in [0, 0.1) is 0 Å². The van der Waals surface area contributed by atoms with E-state index in [1.54, 1.807) is 0 Å². The number of aromatic nitrogens is 16. The molecule has 16 N–H and O–H groups in total. The van der Waals surface area contributed by atoms with Crippen LogP contribution in [0.15, 0.2) is 73.8 Å². The molecule has 0 aliphatic carbocycles. The summed E-state index contributed by atoms with van der Waals surface area (Å²) in [6, 6.07) is 2.16. The van der Waals surface area contributed by atoms with Gasteiger partial charge in [-0.15, -0.1) is 0 Å². The molecule has 8 aromatic heterocycles. The molecule has 5 fully saturated rings. The highest BCUT2D eigenvalue weighted by molar-refractivity contribution is 7.48. The van der Waals surface area contributed by atoms with Crippen LogP contribution in [-0.2, 0) is 91.8 Å². The lowest BCUT2D eigenvalue weighted by Crippen LogP contribution is -2.32. The van der Waals surface area contributed by atoms with Crippen LogP contribution in [0.3, 0.4) is 0 Å². The third kappa shape index (κ3) is 16.5. The van der Waals surface area contributed by atoms with E-state index >= 15 is 0 Å². The zero-order valence-electron chi connectivity index (χ0n) is 52.2. The fourth-order valence-electron chi connectivity index (χ4n) is 11.9. The Morgan fingerprint density at radius 2 is 0.883 bits per heavy atom. The Hall–Kier alpha value is -7.93. The molecule has 103 heavy (non-hydrogen) atoms. The fourth-order valence-corrected chi connectivity index (χ4v) is 16.0. The number of hydrogen-bond acceptors (Lipinski definition) is 38. The maximum Gasteiger partial charge on any atom is 0.472 e. The van der Waals surface area contributed by atoms with Crippen molar-refractivity contribution in [2.45, 2.75) is 124 Å². The Kier molecular flexibility index (Phi) is 20.8. The molecule has 8 aromatic rings. The lowest BCUT2D eigenvalue weighted by atomic mass is 10.2. The second-order valence-corrected chi connectivity index (χ2v) is 29.6. The van der Waals surface area contributed by atoms with Gasteiger partial charge in [-0.05, 0) is 6.07 Å². The van der Waals surface area contributed by atoms with Gasteiger partial charge in [0.2, 0.25) is 11.9 Å². The number of phosphoric acid groups is 4. The highest BCUT2D eigenvalue weighted by atomic mass is 31.2. The first-order chi connectivity index (χ1) is 48.8. The summed E-state index contributed by atoms with van der Waals surface area (Å²) in [7, 11) is -25.2. The van der Waals surface area contributed by atoms with E-state index in [4.69, 9.17) is 87.3 Å². The van der Waals surface area contributed by atoms with E-state index < -0.39 is 212 Å². The minimum Gasteiger partial charge on any atom is -0.390 e. The van der Waals surface area contributed by atoms with Gasteiger partial charge in [-0.25, -0.2) is 61.9 Å². The molecule has 5 aliphatic heterocycles. The zero-order valence-corrected chi connectivity index (χ0v) is 56.6. The van der Waals surface area contributed by atoms with Crippen LogP contribution in [-0.4, -0.2) is 196 Å². The van der Waals surface area contributed by atoms with Crippen molar-refractivity contribution in [3.8, 4) is 0 Å². The number of aliphatic hydroxyl groups excluding tert-OH is 1. The minimum absolute atomic E-state index is 0.00765. The van der Waals surface area contributed by atoms with Crippen LogP contribution >= 0.6 is 39.2 Å². The number of anilines is 4. The van der Waals surface area contributed by atoms with Gasteiger partial charge in [-0.1, -0.05) is 0 Å². The molecule has 5 saturated heterocycles. The summed E-state index contributed by atoms with van der Waals surface area (Å²) in [6.45, 7) is -4.71. The summed E-state index contributed by atoms with van der Waals surface area (Å²) in [4.78, 5) is 147. The van der Waals surface area contributed by atoms with E-state index in [9.17, 15) is 76.0 Å². The number of nitrogen functional groups attached to an aromatic ring is 4. The second-order valence-electron chi connectivity index (χ2n) is 23.2. The normalized spacial score (nSPS) is 29.0. The molecule has 556 valence electrons. The Labute approximate surface area is 570 Å². The largest absolute Gasteiger partial charge is 0.472 e. The maximum atomic E-state index is 14.2. The molecular formula is C48H59N20O30P5. The quantitative estimate of drug-likeness (QED) is 0.0239. The fraction of sp³-hybridized carbons (Fsp3) is 0.521. The van der Waals surface area contributed by atoms with Crippen LogP contribution in [0.2, 0.25) is 0 Å². The predicted octanol–water partition coefficient (Wildman–Crippen LogP) is -1.86. The number of nitrogens with zero attached hydrogens (tertiary/aromatic N) is 13. The summed E-state index contributed by atoms with van der Waals surface area (Å²) in [5.74, 6) is -0.805. The average molecular weight is 1550 g/mol. The molecular weight excluding hydrogens is 1490 g/mol. The molecule has 5 aliphatic rings. The van der Waals surface area contributed by atoms with E-state index in [0.29, 0.717) is 0 Å². The van der Waals surface area contributed by atoms with Crippen LogP contribution < -0.4 is 51.0 Å². The number of H-pyrrole nitrogens is 3. The smallest absolute Gasteiger partial charge is 0.390 e. The van der Waals surface area contributed by atoms with Gasteiger partial charge >= 0.3 is 50.6 Å². The lowest BCUT2D eigenvalue weighted by molar-refractivity contribution is -0.0639. The van der Waals surface area contributed by atoms with E-state index in [-0.39, 0.29) is 69.9 Å². The number of aromatic amines is 3. The van der Waals surface area contributed by atoms with E-state index in [1.165, 1.54) is 38.6 Å². The van der Waals surface area contributed by atoms with Crippen LogP contribution in [0.1, 0.15) is 63.2 Å². The second kappa shape index (κ2) is 29.2. The molecule has 4 unspecified atom stereocenters. The summed E-state index contributed by atoms with van der Waals surface area (Å²) in [5, 5.41) is 10.9. The minimum atomic E-state index is -5.55. The molecule has 0 aromatic carbocycles. The average Bonchev–Trinajstić information content (AvgIpc) is 1.65. The van der Waals surface area contributed by atoms with Crippen LogP contribution in [0.5, 0.6) is 0 Å². The van der Waals surface area contributed by atoms with E-state index in [0.717, 1.165) is 34.1 Å². The first kappa shape index (κ1) is 73.4. The molecule has 13 heterocycles. The monoisotopic (exact) mass is 1550 g/mol.